The van der Waals surface area contributed by atoms with Crippen LogP contribution in [0.5, 0.6) is 23.0 Å². The number of ether oxygens (including phenoxy) is 4. The molecule has 1 fully saturated rings. The molecule has 0 aromatic heterocycles. The van der Waals surface area contributed by atoms with Crippen molar-refractivity contribution in [1.82, 2.24) is 4.90 Å². The summed E-state index contributed by atoms with van der Waals surface area (Å²) in [7, 11) is 0. The highest BCUT2D eigenvalue weighted by molar-refractivity contribution is 6.03. The number of hydrogen-bond acceptors (Lipinski definition) is 7. The molecule has 0 aliphatic carbocycles. The van der Waals surface area contributed by atoms with Crippen molar-refractivity contribution in [3.8, 4) is 23.0 Å². The molecule has 2 aliphatic heterocycles. The first-order chi connectivity index (χ1) is 19.0. The average Bonchev–Trinajstić information content (AvgIpc) is 2.93. The van der Waals surface area contributed by atoms with Crippen LogP contribution in [0, 0.1) is 0 Å². The topological polar surface area (TPSA) is 74.3 Å². The van der Waals surface area contributed by atoms with E-state index in [2.05, 4.69) is 4.90 Å². The summed E-state index contributed by atoms with van der Waals surface area (Å²) >= 11 is 0. The number of likely N-dealkylation sites (tertiary alicyclic amines) is 1. The molecule has 2 aliphatic rings. The summed E-state index contributed by atoms with van der Waals surface area (Å²) in [5, 5.41) is 0. The Kier molecular flexibility index (Phi) is 8.27. The minimum absolute atomic E-state index is 0.248. The van der Waals surface area contributed by atoms with Crippen LogP contribution in [-0.2, 0) is 9.59 Å². The molecule has 0 radical (unpaired) electrons. The third kappa shape index (κ3) is 6.49. The van der Waals surface area contributed by atoms with Gasteiger partial charge < -0.3 is 18.9 Å². The van der Waals surface area contributed by atoms with Gasteiger partial charge in [0.25, 0.3) is 0 Å². The molecule has 0 bridgehead atoms. The molecule has 0 spiro atoms. The van der Waals surface area contributed by atoms with E-state index >= 15 is 0 Å². The van der Waals surface area contributed by atoms with Crippen molar-refractivity contribution >= 4 is 23.1 Å². The Hall–Kier alpha value is -4.10. The fourth-order valence-electron chi connectivity index (χ4n) is 5.14. The first-order valence-corrected chi connectivity index (χ1v) is 13.4. The standard InChI is InChI=1S/C32H33NO6/c1-22(34)38-27-19-29-32(30(20-27)39-23(2)35)31(28(21-37-29)24-9-5-3-6-10-24)25-11-13-26(14-12-25)36-18-17-33-15-7-4-8-16-33/h3,5-6,9-14,19-20H,4,7-8,15-18,21H2,1-2H3. The maximum atomic E-state index is 12.1. The Morgan fingerprint density at radius 1 is 0.821 bits per heavy atom. The van der Waals surface area contributed by atoms with Crippen LogP contribution >= 0.6 is 0 Å². The monoisotopic (exact) mass is 527 g/mol. The van der Waals surface area contributed by atoms with Gasteiger partial charge in [-0.05, 0) is 49.2 Å². The quantitative estimate of drug-likeness (QED) is 0.273. The Bertz CT molecular complexity index is 1360. The Labute approximate surface area is 228 Å². The van der Waals surface area contributed by atoms with E-state index in [1.54, 1.807) is 12.1 Å². The van der Waals surface area contributed by atoms with E-state index in [9.17, 15) is 9.59 Å². The number of esters is 2. The normalized spacial score (nSPS) is 15.2. The molecule has 5 rings (SSSR count). The van der Waals surface area contributed by atoms with E-state index in [1.165, 1.54) is 33.1 Å². The van der Waals surface area contributed by atoms with Crippen molar-refractivity contribution in [1.29, 1.82) is 0 Å². The predicted octanol–water partition coefficient (Wildman–Crippen LogP) is 5.75. The summed E-state index contributed by atoms with van der Waals surface area (Å²) in [5.74, 6) is 0.826. The molecule has 0 unspecified atom stereocenters. The van der Waals surface area contributed by atoms with Crippen LogP contribution in [-0.4, -0.2) is 49.7 Å². The van der Waals surface area contributed by atoms with E-state index in [4.69, 9.17) is 18.9 Å². The van der Waals surface area contributed by atoms with Gasteiger partial charge in [-0.25, -0.2) is 0 Å². The molecular weight excluding hydrogens is 494 g/mol. The van der Waals surface area contributed by atoms with Crippen molar-refractivity contribution in [2.45, 2.75) is 33.1 Å². The first kappa shape index (κ1) is 26.5. The van der Waals surface area contributed by atoms with Crippen LogP contribution < -0.4 is 18.9 Å². The maximum absolute atomic E-state index is 12.1. The Balaban J connectivity index is 1.52. The van der Waals surface area contributed by atoms with Gasteiger partial charge in [0.15, 0.2) is 0 Å². The Morgan fingerprint density at radius 3 is 2.23 bits per heavy atom. The zero-order chi connectivity index (χ0) is 27.2. The molecule has 0 amide bonds. The van der Waals surface area contributed by atoms with Crippen LogP contribution in [0.1, 0.15) is 49.8 Å². The largest absolute Gasteiger partial charge is 0.492 e. The number of benzene rings is 3. The first-order valence-electron chi connectivity index (χ1n) is 13.4. The van der Waals surface area contributed by atoms with Gasteiger partial charge in [0.1, 0.15) is 36.2 Å². The lowest BCUT2D eigenvalue weighted by Crippen LogP contribution is -2.33. The van der Waals surface area contributed by atoms with Gasteiger partial charge in [0.2, 0.25) is 0 Å². The van der Waals surface area contributed by atoms with E-state index in [0.717, 1.165) is 47.7 Å². The molecular formula is C32H33NO6. The summed E-state index contributed by atoms with van der Waals surface area (Å²) in [6.07, 6.45) is 3.84. The van der Waals surface area contributed by atoms with E-state index in [1.807, 2.05) is 54.6 Å². The fourth-order valence-corrected chi connectivity index (χ4v) is 5.14. The zero-order valence-electron chi connectivity index (χ0n) is 22.4. The van der Waals surface area contributed by atoms with Crippen LogP contribution in [0.15, 0.2) is 66.7 Å². The number of carbonyl (C=O) groups is 2. The molecule has 3 aromatic carbocycles. The third-order valence-electron chi connectivity index (χ3n) is 6.87. The Morgan fingerprint density at radius 2 is 1.54 bits per heavy atom. The molecule has 7 nitrogen and oxygen atoms in total. The second-order valence-electron chi connectivity index (χ2n) is 9.77. The van der Waals surface area contributed by atoms with Crippen molar-refractivity contribution in [3.63, 3.8) is 0 Å². The van der Waals surface area contributed by atoms with Gasteiger partial charge in [-0.2, -0.15) is 0 Å². The highest BCUT2D eigenvalue weighted by Crippen LogP contribution is 2.47. The van der Waals surface area contributed by atoms with Gasteiger partial charge in [0.05, 0.1) is 5.56 Å². The highest BCUT2D eigenvalue weighted by atomic mass is 16.5. The minimum Gasteiger partial charge on any atom is -0.492 e. The molecule has 3 aromatic rings. The number of hydrogen-bond donors (Lipinski definition) is 0. The number of carbonyl (C=O) groups excluding carboxylic acids is 2. The molecule has 0 N–H and O–H groups in total. The van der Waals surface area contributed by atoms with E-state index < -0.39 is 11.9 Å². The maximum Gasteiger partial charge on any atom is 0.308 e. The molecule has 0 saturated carbocycles. The fraction of sp³-hybridized carbons (Fsp3) is 0.312. The zero-order valence-corrected chi connectivity index (χ0v) is 22.4. The summed E-state index contributed by atoms with van der Waals surface area (Å²) < 4.78 is 23.1. The lowest BCUT2D eigenvalue weighted by Gasteiger charge is -2.27. The van der Waals surface area contributed by atoms with Crippen LogP contribution in [0.3, 0.4) is 0 Å². The van der Waals surface area contributed by atoms with Gasteiger partial charge in [0, 0.05) is 43.7 Å². The van der Waals surface area contributed by atoms with Gasteiger partial charge >= 0.3 is 11.9 Å². The van der Waals surface area contributed by atoms with Gasteiger partial charge in [-0.15, -0.1) is 0 Å². The number of nitrogens with zero attached hydrogens (tertiary/aromatic N) is 1. The molecule has 7 heteroatoms. The second-order valence-corrected chi connectivity index (χ2v) is 9.77. The smallest absolute Gasteiger partial charge is 0.308 e. The van der Waals surface area contributed by atoms with Crippen LogP contribution in [0.2, 0.25) is 0 Å². The summed E-state index contributed by atoms with van der Waals surface area (Å²) in [4.78, 5) is 26.2. The average molecular weight is 528 g/mol. The third-order valence-corrected chi connectivity index (χ3v) is 6.87. The molecule has 0 atom stereocenters. The van der Waals surface area contributed by atoms with Gasteiger partial charge in [-0.3, -0.25) is 14.5 Å². The predicted molar refractivity (Wildman–Crippen MR) is 149 cm³/mol. The minimum atomic E-state index is -0.485. The lowest BCUT2D eigenvalue weighted by molar-refractivity contribution is -0.132. The summed E-state index contributed by atoms with van der Waals surface area (Å²) in [6.45, 7) is 6.81. The summed E-state index contributed by atoms with van der Waals surface area (Å²) in [6, 6.07) is 21.2. The molecule has 1 saturated heterocycles. The second kappa shape index (κ2) is 12.2. The van der Waals surface area contributed by atoms with E-state index in [-0.39, 0.29) is 11.5 Å². The molecule has 202 valence electrons. The van der Waals surface area contributed by atoms with Crippen molar-refractivity contribution in [2.24, 2.45) is 0 Å². The van der Waals surface area contributed by atoms with Crippen LogP contribution in [0.25, 0.3) is 11.1 Å². The van der Waals surface area contributed by atoms with Crippen molar-refractivity contribution in [2.75, 3.05) is 32.8 Å². The van der Waals surface area contributed by atoms with Gasteiger partial charge in [-0.1, -0.05) is 48.9 Å². The van der Waals surface area contributed by atoms with Crippen LogP contribution in [0.4, 0.5) is 0 Å². The highest BCUT2D eigenvalue weighted by Gasteiger charge is 2.28. The van der Waals surface area contributed by atoms with Crippen molar-refractivity contribution < 1.29 is 28.5 Å². The summed E-state index contributed by atoms with van der Waals surface area (Å²) in [5.41, 5.74) is 4.39. The molecule has 39 heavy (non-hydrogen) atoms. The SMILES string of the molecule is CC(=O)Oc1cc2c(c(OC(C)=O)c1)C(c1ccc(OCCN3CCCCC3)cc1)=C(c1ccccc1)CO2. The van der Waals surface area contributed by atoms with E-state index in [0.29, 0.717) is 24.5 Å². The number of fused-ring (bicyclic) bond motifs is 1. The molecule has 2 heterocycles. The lowest BCUT2D eigenvalue weighted by atomic mass is 9.87. The number of piperidine rings is 1. The van der Waals surface area contributed by atoms with Crippen molar-refractivity contribution in [3.05, 3.63) is 83.4 Å². The number of rotatable bonds is 8.